The highest BCUT2D eigenvalue weighted by Crippen LogP contribution is 2.65. The van der Waals surface area contributed by atoms with Crippen LogP contribution in [0, 0.1) is 34.0 Å². The zero-order chi connectivity index (χ0) is 29.0. The molecule has 2 aliphatic heterocycles. The molecule has 1 unspecified atom stereocenters. The van der Waals surface area contributed by atoms with E-state index in [4.69, 9.17) is 5.73 Å². The Labute approximate surface area is 225 Å². The quantitative estimate of drug-likeness (QED) is 0.291. The molecule has 214 valence electrons. The fourth-order valence-electron chi connectivity index (χ4n) is 5.88. The number of nitrogens with zero attached hydrogens (tertiary/aromatic N) is 1. The number of piperidine rings is 1. The topological polar surface area (TPSA) is 171 Å². The third-order valence-electron chi connectivity index (χ3n) is 8.53. The van der Waals surface area contributed by atoms with Gasteiger partial charge in [0.1, 0.15) is 12.1 Å². The van der Waals surface area contributed by atoms with E-state index in [1.807, 2.05) is 34.6 Å². The minimum absolute atomic E-state index is 0.0477. The molecule has 0 aromatic carbocycles. The summed E-state index contributed by atoms with van der Waals surface area (Å²) in [5, 5.41) is 18.9. The van der Waals surface area contributed by atoms with E-state index < -0.39 is 52.8 Å². The average Bonchev–Trinajstić information content (AvgIpc) is 3.14. The van der Waals surface area contributed by atoms with Crippen LogP contribution >= 0.6 is 0 Å². The second-order valence-corrected chi connectivity index (χ2v) is 13.9. The van der Waals surface area contributed by atoms with Gasteiger partial charge in [-0.1, -0.05) is 55.4 Å². The van der Waals surface area contributed by atoms with E-state index in [1.54, 1.807) is 20.8 Å². The monoisotopic (exact) mass is 535 g/mol. The van der Waals surface area contributed by atoms with E-state index in [0.717, 1.165) is 0 Å². The number of nitrogens with two attached hydrogens (primary N) is 1. The van der Waals surface area contributed by atoms with Gasteiger partial charge in [-0.25, -0.2) is 0 Å². The maximum absolute atomic E-state index is 14.0. The van der Waals surface area contributed by atoms with Crippen molar-refractivity contribution in [3.63, 3.8) is 0 Å². The van der Waals surface area contributed by atoms with Gasteiger partial charge in [0.05, 0.1) is 6.04 Å². The standard InChI is InChI=1S/C27H45N5O6/c1-25(2,3)19(31-24(38)26(4,5)6)23(37)32-12-14-16(27(14,7)8)17(32)22(36)30-15(18(33)20(28)34)11-13-9-10-29-21(13)35/h13-19,33H,9-12H2,1-8H3,(H2,28,34)(H,29,35)(H,30,36)(H,31,38)/t13-,14-,15-,16-,17-,18?,19+/m0/s1. The van der Waals surface area contributed by atoms with Crippen molar-refractivity contribution in [1.29, 1.82) is 0 Å². The first-order valence-corrected chi connectivity index (χ1v) is 13.5. The number of carbonyl (C=O) groups is 5. The lowest BCUT2D eigenvalue weighted by Gasteiger charge is -2.39. The molecule has 2 heterocycles. The van der Waals surface area contributed by atoms with Gasteiger partial charge in [-0.05, 0) is 35.5 Å². The largest absolute Gasteiger partial charge is 0.381 e. The summed E-state index contributed by atoms with van der Waals surface area (Å²) in [5.74, 6) is -2.82. The molecule has 0 aromatic heterocycles. The molecule has 3 rings (SSSR count). The van der Waals surface area contributed by atoms with E-state index in [0.29, 0.717) is 19.5 Å². The molecule has 7 atom stereocenters. The highest BCUT2D eigenvalue weighted by Gasteiger charge is 2.70. The van der Waals surface area contributed by atoms with Crippen molar-refractivity contribution in [3.8, 4) is 0 Å². The van der Waals surface area contributed by atoms with Crippen LogP contribution in [0.4, 0.5) is 0 Å². The predicted molar refractivity (Wildman–Crippen MR) is 140 cm³/mol. The SMILES string of the molecule is CC(C)(C)C(=O)N[C@H](C(=O)N1C[C@H]2[C@@H]([C@H]1C(=O)N[C@@H](C[C@@H]1CCNC1=O)C(O)C(N)=O)C2(C)C)C(C)(C)C. The summed E-state index contributed by atoms with van der Waals surface area (Å²) in [7, 11) is 0. The third-order valence-corrected chi connectivity index (χ3v) is 8.53. The Hall–Kier alpha value is -2.69. The molecule has 0 spiro atoms. The lowest BCUT2D eigenvalue weighted by molar-refractivity contribution is -0.147. The van der Waals surface area contributed by atoms with Crippen LogP contribution in [-0.2, 0) is 24.0 Å². The van der Waals surface area contributed by atoms with E-state index in [2.05, 4.69) is 16.0 Å². The summed E-state index contributed by atoms with van der Waals surface area (Å²) < 4.78 is 0. The molecule has 2 saturated heterocycles. The Kier molecular flexibility index (Phi) is 7.96. The molecular formula is C27H45N5O6. The number of nitrogens with one attached hydrogen (secondary N) is 3. The number of hydrogen-bond acceptors (Lipinski definition) is 6. The summed E-state index contributed by atoms with van der Waals surface area (Å²) in [6.07, 6.45) is -1.12. The van der Waals surface area contributed by atoms with Crippen LogP contribution in [0.3, 0.4) is 0 Å². The summed E-state index contributed by atoms with van der Waals surface area (Å²) >= 11 is 0. The highest BCUT2D eigenvalue weighted by molar-refractivity contribution is 5.95. The Bertz CT molecular complexity index is 997. The van der Waals surface area contributed by atoms with Gasteiger partial charge in [0.15, 0.2) is 6.10 Å². The van der Waals surface area contributed by atoms with Crippen LogP contribution in [0.15, 0.2) is 0 Å². The zero-order valence-corrected chi connectivity index (χ0v) is 23.9. The number of amides is 5. The fraction of sp³-hybridized carbons (Fsp3) is 0.815. The van der Waals surface area contributed by atoms with Gasteiger partial charge in [0.25, 0.3) is 0 Å². The molecule has 11 nitrogen and oxygen atoms in total. The number of hydrogen-bond donors (Lipinski definition) is 5. The lowest BCUT2D eigenvalue weighted by atomic mass is 9.84. The van der Waals surface area contributed by atoms with Crippen molar-refractivity contribution >= 4 is 29.5 Å². The Morgan fingerprint density at radius 1 is 1.13 bits per heavy atom. The molecule has 38 heavy (non-hydrogen) atoms. The van der Waals surface area contributed by atoms with Crippen LogP contribution < -0.4 is 21.7 Å². The van der Waals surface area contributed by atoms with E-state index in [-0.39, 0.29) is 41.4 Å². The Balaban J connectivity index is 1.87. The van der Waals surface area contributed by atoms with Crippen molar-refractivity contribution < 1.29 is 29.1 Å². The van der Waals surface area contributed by atoms with Crippen molar-refractivity contribution in [2.24, 2.45) is 39.7 Å². The van der Waals surface area contributed by atoms with E-state index in [9.17, 15) is 29.1 Å². The summed E-state index contributed by atoms with van der Waals surface area (Å²) in [4.78, 5) is 66.1. The number of fused-ring (bicyclic) bond motifs is 1. The van der Waals surface area contributed by atoms with Gasteiger partial charge in [-0.2, -0.15) is 0 Å². The normalized spacial score (nSPS) is 28.6. The first kappa shape index (κ1) is 29.9. The van der Waals surface area contributed by atoms with Gasteiger partial charge in [0, 0.05) is 24.4 Å². The smallest absolute Gasteiger partial charge is 0.248 e. The van der Waals surface area contributed by atoms with Crippen LogP contribution in [-0.4, -0.2) is 76.9 Å². The van der Waals surface area contributed by atoms with Gasteiger partial charge >= 0.3 is 0 Å². The van der Waals surface area contributed by atoms with Gasteiger partial charge in [0.2, 0.25) is 29.5 Å². The number of aliphatic hydroxyl groups is 1. The van der Waals surface area contributed by atoms with Crippen LogP contribution in [0.1, 0.15) is 68.2 Å². The second-order valence-electron chi connectivity index (χ2n) is 13.9. The number of rotatable bonds is 8. The summed E-state index contributed by atoms with van der Waals surface area (Å²) in [6.45, 7) is 15.8. The minimum Gasteiger partial charge on any atom is -0.381 e. The molecule has 0 radical (unpaired) electrons. The average molecular weight is 536 g/mol. The fourth-order valence-corrected chi connectivity index (χ4v) is 5.88. The summed E-state index contributed by atoms with van der Waals surface area (Å²) in [6, 6.07) is -2.79. The lowest BCUT2D eigenvalue weighted by Crippen LogP contribution is -2.61. The number of likely N-dealkylation sites (tertiary alicyclic amines) is 1. The molecule has 6 N–H and O–H groups in total. The molecule has 5 amide bonds. The Morgan fingerprint density at radius 3 is 2.21 bits per heavy atom. The minimum atomic E-state index is -1.69. The zero-order valence-electron chi connectivity index (χ0n) is 23.9. The van der Waals surface area contributed by atoms with Gasteiger partial charge < -0.3 is 31.7 Å². The number of carbonyl (C=O) groups excluding carboxylic acids is 5. The summed E-state index contributed by atoms with van der Waals surface area (Å²) in [5.41, 5.74) is 3.85. The molecule has 3 aliphatic rings. The molecule has 1 aliphatic carbocycles. The van der Waals surface area contributed by atoms with Crippen molar-refractivity contribution in [3.05, 3.63) is 0 Å². The molecule has 0 bridgehead atoms. The van der Waals surface area contributed by atoms with Gasteiger partial charge in [-0.3, -0.25) is 24.0 Å². The van der Waals surface area contributed by atoms with Crippen LogP contribution in [0.2, 0.25) is 0 Å². The Morgan fingerprint density at radius 2 is 1.74 bits per heavy atom. The van der Waals surface area contributed by atoms with E-state index in [1.165, 1.54) is 4.90 Å². The first-order chi connectivity index (χ1) is 17.3. The molecule has 0 aromatic rings. The second kappa shape index (κ2) is 10.1. The molecule has 3 fully saturated rings. The van der Waals surface area contributed by atoms with Crippen LogP contribution in [0.25, 0.3) is 0 Å². The molecule has 1 saturated carbocycles. The maximum atomic E-state index is 14.0. The van der Waals surface area contributed by atoms with E-state index >= 15 is 0 Å². The number of primary amides is 1. The van der Waals surface area contributed by atoms with Crippen molar-refractivity contribution in [2.75, 3.05) is 13.1 Å². The third kappa shape index (κ3) is 5.82. The molecular weight excluding hydrogens is 490 g/mol. The van der Waals surface area contributed by atoms with Gasteiger partial charge in [-0.15, -0.1) is 0 Å². The predicted octanol–water partition coefficient (Wildman–Crippen LogP) is -0.0964. The number of aliphatic hydroxyl groups excluding tert-OH is 1. The highest BCUT2D eigenvalue weighted by atomic mass is 16.3. The molecule has 11 heteroatoms. The maximum Gasteiger partial charge on any atom is 0.248 e. The first-order valence-electron chi connectivity index (χ1n) is 13.5. The van der Waals surface area contributed by atoms with Crippen LogP contribution in [0.5, 0.6) is 0 Å². The van der Waals surface area contributed by atoms with Crippen molar-refractivity contribution in [1.82, 2.24) is 20.9 Å². The van der Waals surface area contributed by atoms with Crippen molar-refractivity contribution in [2.45, 2.75) is 92.5 Å².